The van der Waals surface area contributed by atoms with Crippen molar-refractivity contribution < 1.29 is 9.53 Å². The van der Waals surface area contributed by atoms with Gasteiger partial charge in [0, 0.05) is 11.4 Å². The van der Waals surface area contributed by atoms with Crippen LogP contribution in [-0.2, 0) is 0 Å². The number of amides is 2. The van der Waals surface area contributed by atoms with Crippen molar-refractivity contribution in [2.45, 2.75) is 6.92 Å². The van der Waals surface area contributed by atoms with Gasteiger partial charge in [0.15, 0.2) is 0 Å². The van der Waals surface area contributed by atoms with Gasteiger partial charge in [0.2, 0.25) is 0 Å². The zero-order chi connectivity index (χ0) is 17.6. The lowest BCUT2D eigenvalue weighted by molar-refractivity contribution is 0.262. The van der Waals surface area contributed by atoms with Gasteiger partial charge in [-0.15, -0.1) is 0 Å². The zero-order valence-electron chi connectivity index (χ0n) is 13.7. The molecule has 0 atom stereocenters. The van der Waals surface area contributed by atoms with E-state index in [9.17, 15) is 4.79 Å². The number of ether oxygens (including phenoxy) is 1. The van der Waals surface area contributed by atoms with Crippen LogP contribution in [0.15, 0.2) is 66.9 Å². The number of nitrogen functional groups attached to an aromatic ring is 1. The number of hydrogen-bond donors (Lipinski definition) is 3. The third-order valence-electron chi connectivity index (χ3n) is 3.38. The third-order valence-corrected chi connectivity index (χ3v) is 3.38. The third kappa shape index (κ3) is 4.71. The van der Waals surface area contributed by atoms with Crippen LogP contribution in [0.1, 0.15) is 5.56 Å². The van der Waals surface area contributed by atoms with E-state index in [1.54, 1.807) is 42.6 Å². The van der Waals surface area contributed by atoms with Crippen LogP contribution in [0.4, 0.5) is 22.0 Å². The molecule has 0 saturated carbocycles. The molecule has 0 fully saturated rings. The van der Waals surface area contributed by atoms with Crippen LogP contribution in [0.3, 0.4) is 0 Å². The molecule has 2 aromatic carbocycles. The van der Waals surface area contributed by atoms with Gasteiger partial charge in [-0.25, -0.2) is 9.78 Å². The van der Waals surface area contributed by atoms with Crippen LogP contribution < -0.4 is 21.1 Å². The summed E-state index contributed by atoms with van der Waals surface area (Å²) in [5.74, 6) is 1.66. The van der Waals surface area contributed by atoms with Crippen LogP contribution in [0.25, 0.3) is 0 Å². The summed E-state index contributed by atoms with van der Waals surface area (Å²) < 4.78 is 5.66. The summed E-state index contributed by atoms with van der Waals surface area (Å²) in [6.45, 7) is 1.97. The van der Waals surface area contributed by atoms with E-state index in [0.29, 0.717) is 23.0 Å². The molecule has 0 aliphatic carbocycles. The number of anilines is 3. The topological polar surface area (TPSA) is 89.3 Å². The molecule has 2 amide bonds. The zero-order valence-corrected chi connectivity index (χ0v) is 13.7. The highest BCUT2D eigenvalue weighted by Crippen LogP contribution is 2.23. The SMILES string of the molecule is Cc1cccc(NC(=O)Nc2ccc(Oc3ccc(N)nc3)cc2)c1. The molecule has 6 nitrogen and oxygen atoms in total. The molecule has 1 heterocycles. The normalized spacial score (nSPS) is 10.1. The van der Waals surface area contributed by atoms with Gasteiger partial charge in [-0.2, -0.15) is 0 Å². The smallest absolute Gasteiger partial charge is 0.323 e. The maximum absolute atomic E-state index is 12.0. The van der Waals surface area contributed by atoms with Crippen molar-refractivity contribution in [2.24, 2.45) is 0 Å². The number of nitrogens with two attached hydrogens (primary N) is 1. The van der Waals surface area contributed by atoms with Gasteiger partial charge in [0.1, 0.15) is 17.3 Å². The van der Waals surface area contributed by atoms with Crippen molar-refractivity contribution in [3.8, 4) is 11.5 Å². The van der Waals surface area contributed by atoms with E-state index in [1.165, 1.54) is 0 Å². The largest absolute Gasteiger partial charge is 0.456 e. The van der Waals surface area contributed by atoms with Gasteiger partial charge in [-0.05, 0) is 61.0 Å². The number of carbonyl (C=O) groups is 1. The maximum atomic E-state index is 12.0. The molecule has 0 aliphatic heterocycles. The first-order chi connectivity index (χ1) is 12.1. The maximum Gasteiger partial charge on any atom is 0.323 e. The number of urea groups is 1. The van der Waals surface area contributed by atoms with Crippen LogP contribution in [0.5, 0.6) is 11.5 Å². The molecule has 0 bridgehead atoms. The molecule has 4 N–H and O–H groups in total. The Labute approximate surface area is 145 Å². The van der Waals surface area contributed by atoms with Gasteiger partial charge >= 0.3 is 6.03 Å². The van der Waals surface area contributed by atoms with E-state index in [0.717, 1.165) is 11.3 Å². The molecule has 3 rings (SSSR count). The van der Waals surface area contributed by atoms with E-state index < -0.39 is 0 Å². The summed E-state index contributed by atoms with van der Waals surface area (Å²) in [5, 5.41) is 5.56. The minimum absolute atomic E-state index is 0.304. The van der Waals surface area contributed by atoms with E-state index in [1.807, 2.05) is 31.2 Å². The number of pyridine rings is 1. The quantitative estimate of drug-likeness (QED) is 0.659. The lowest BCUT2D eigenvalue weighted by Gasteiger charge is -2.09. The van der Waals surface area contributed by atoms with Crippen LogP contribution >= 0.6 is 0 Å². The minimum atomic E-state index is -0.304. The number of nitrogens with one attached hydrogen (secondary N) is 2. The Morgan fingerprint density at radius 2 is 1.68 bits per heavy atom. The van der Waals surface area contributed by atoms with E-state index in [2.05, 4.69) is 15.6 Å². The summed E-state index contributed by atoms with van der Waals surface area (Å²) in [6.07, 6.45) is 1.55. The monoisotopic (exact) mass is 334 g/mol. The summed E-state index contributed by atoms with van der Waals surface area (Å²) in [4.78, 5) is 16.0. The number of rotatable bonds is 4. The predicted octanol–water partition coefficient (Wildman–Crippen LogP) is 4.41. The molecule has 0 saturated heterocycles. The highest BCUT2D eigenvalue weighted by atomic mass is 16.5. The molecule has 126 valence electrons. The molecule has 0 radical (unpaired) electrons. The van der Waals surface area contributed by atoms with Crippen LogP contribution in [0.2, 0.25) is 0 Å². The molecule has 0 aliphatic rings. The Bertz CT molecular complexity index is 861. The number of carbonyl (C=O) groups excluding carboxylic acids is 1. The first-order valence-electron chi connectivity index (χ1n) is 7.72. The Morgan fingerprint density at radius 1 is 0.960 bits per heavy atom. The molecule has 0 spiro atoms. The fourth-order valence-corrected chi connectivity index (χ4v) is 2.21. The van der Waals surface area contributed by atoms with E-state index >= 15 is 0 Å². The number of hydrogen-bond acceptors (Lipinski definition) is 4. The summed E-state index contributed by atoms with van der Waals surface area (Å²) in [7, 11) is 0. The highest BCUT2D eigenvalue weighted by Gasteiger charge is 2.04. The Morgan fingerprint density at radius 3 is 2.36 bits per heavy atom. The van der Waals surface area contributed by atoms with Gasteiger partial charge in [0.25, 0.3) is 0 Å². The molecule has 3 aromatic rings. The number of aromatic nitrogens is 1. The van der Waals surface area contributed by atoms with Crippen LogP contribution in [-0.4, -0.2) is 11.0 Å². The van der Waals surface area contributed by atoms with Crippen molar-refractivity contribution in [3.05, 3.63) is 72.4 Å². The predicted molar refractivity (Wildman–Crippen MR) is 99.0 cm³/mol. The Balaban J connectivity index is 1.58. The lowest BCUT2D eigenvalue weighted by atomic mass is 10.2. The number of benzene rings is 2. The van der Waals surface area contributed by atoms with Gasteiger partial charge in [-0.3, -0.25) is 0 Å². The van der Waals surface area contributed by atoms with E-state index in [-0.39, 0.29) is 6.03 Å². The number of nitrogens with zero attached hydrogens (tertiary/aromatic N) is 1. The van der Waals surface area contributed by atoms with Crippen molar-refractivity contribution >= 4 is 23.2 Å². The second-order valence-corrected chi connectivity index (χ2v) is 5.49. The second kappa shape index (κ2) is 7.35. The van der Waals surface area contributed by atoms with Gasteiger partial charge in [0.05, 0.1) is 6.20 Å². The Kier molecular flexibility index (Phi) is 4.80. The molecular weight excluding hydrogens is 316 g/mol. The summed E-state index contributed by atoms with van der Waals surface area (Å²) in [5.41, 5.74) is 8.02. The van der Waals surface area contributed by atoms with E-state index in [4.69, 9.17) is 10.5 Å². The molecule has 0 unspecified atom stereocenters. The highest BCUT2D eigenvalue weighted by molar-refractivity contribution is 5.99. The number of aryl methyl sites for hydroxylation is 1. The standard InChI is InChI=1S/C19H18N4O2/c1-13-3-2-4-15(11-13)23-19(24)22-14-5-7-16(8-6-14)25-17-9-10-18(20)21-12-17/h2-12H,1H3,(H2,20,21)(H2,22,23,24). The molecular formula is C19H18N4O2. The van der Waals surface area contributed by atoms with Gasteiger partial charge in [-0.1, -0.05) is 12.1 Å². The molecule has 6 heteroatoms. The van der Waals surface area contributed by atoms with Crippen molar-refractivity contribution in [3.63, 3.8) is 0 Å². The Hall–Kier alpha value is -3.54. The fraction of sp³-hybridized carbons (Fsp3) is 0.0526. The molecule has 25 heavy (non-hydrogen) atoms. The first-order valence-corrected chi connectivity index (χ1v) is 7.72. The second-order valence-electron chi connectivity index (χ2n) is 5.49. The van der Waals surface area contributed by atoms with Crippen molar-refractivity contribution in [1.29, 1.82) is 0 Å². The minimum Gasteiger partial charge on any atom is -0.456 e. The lowest BCUT2D eigenvalue weighted by Crippen LogP contribution is -2.19. The van der Waals surface area contributed by atoms with Crippen LogP contribution in [0, 0.1) is 6.92 Å². The fourth-order valence-electron chi connectivity index (χ4n) is 2.21. The van der Waals surface area contributed by atoms with Gasteiger partial charge < -0.3 is 21.1 Å². The summed E-state index contributed by atoms with van der Waals surface area (Å²) in [6, 6.07) is 17.7. The average molecular weight is 334 g/mol. The van der Waals surface area contributed by atoms with Crippen molar-refractivity contribution in [1.82, 2.24) is 4.98 Å². The summed E-state index contributed by atoms with van der Waals surface area (Å²) >= 11 is 0. The first kappa shape index (κ1) is 16.3. The molecule has 1 aromatic heterocycles. The van der Waals surface area contributed by atoms with Crippen molar-refractivity contribution in [2.75, 3.05) is 16.4 Å². The average Bonchev–Trinajstić information content (AvgIpc) is 2.59.